The van der Waals surface area contributed by atoms with Crippen LogP contribution in [0, 0.1) is 0 Å². The minimum Gasteiger partial charge on any atom is -0.345 e. The van der Waals surface area contributed by atoms with E-state index in [4.69, 9.17) is 17.3 Å². The summed E-state index contributed by atoms with van der Waals surface area (Å²) in [7, 11) is 0. The summed E-state index contributed by atoms with van der Waals surface area (Å²) >= 11 is 7.23. The van der Waals surface area contributed by atoms with Crippen LogP contribution in [-0.4, -0.2) is 58.6 Å². The SMILES string of the molecule is C.NC1CCN(Cc2ccc(N3C[C@H](NC(=O)c4nnc(CCc5ccc(Cl)cc5)s4)CC3=O)cc2)CC1. The fourth-order valence-corrected chi connectivity index (χ4v) is 5.67. The zero-order valence-electron chi connectivity index (χ0n) is 20.6. The zero-order chi connectivity index (χ0) is 25.8. The van der Waals surface area contributed by atoms with Crippen molar-refractivity contribution in [2.24, 2.45) is 5.73 Å². The molecule has 2 aliphatic heterocycles. The van der Waals surface area contributed by atoms with Gasteiger partial charge in [-0.15, -0.1) is 10.2 Å². The number of amides is 2. The minimum atomic E-state index is -0.286. The van der Waals surface area contributed by atoms with Crippen LogP contribution in [0.4, 0.5) is 5.69 Å². The molecule has 1 atom stereocenters. The van der Waals surface area contributed by atoms with Crippen molar-refractivity contribution in [3.8, 4) is 0 Å². The van der Waals surface area contributed by atoms with Crippen LogP contribution in [0.5, 0.6) is 0 Å². The molecular weight excluding hydrogens is 520 g/mol. The fraction of sp³-hybridized carbons (Fsp3) is 0.429. The highest BCUT2D eigenvalue weighted by Gasteiger charge is 2.32. The number of piperidine rings is 1. The molecule has 2 fully saturated rings. The number of aryl methyl sites for hydroxylation is 2. The predicted octanol–water partition coefficient (Wildman–Crippen LogP) is 4.07. The molecule has 2 aromatic carbocycles. The molecule has 3 heterocycles. The van der Waals surface area contributed by atoms with E-state index < -0.39 is 0 Å². The molecule has 8 nitrogen and oxygen atoms in total. The predicted molar refractivity (Wildman–Crippen MR) is 153 cm³/mol. The molecule has 0 aliphatic carbocycles. The Morgan fingerprint density at radius 3 is 2.42 bits per heavy atom. The largest absolute Gasteiger partial charge is 0.345 e. The highest BCUT2D eigenvalue weighted by molar-refractivity contribution is 7.13. The molecule has 1 aromatic heterocycles. The van der Waals surface area contributed by atoms with Gasteiger partial charge >= 0.3 is 0 Å². The Bertz CT molecular complexity index is 1220. The summed E-state index contributed by atoms with van der Waals surface area (Å²) in [4.78, 5) is 29.6. The highest BCUT2D eigenvalue weighted by atomic mass is 35.5. The number of anilines is 1. The summed E-state index contributed by atoms with van der Waals surface area (Å²) in [5.74, 6) is -0.282. The van der Waals surface area contributed by atoms with E-state index in [9.17, 15) is 9.59 Å². The van der Waals surface area contributed by atoms with E-state index in [1.807, 2.05) is 36.4 Å². The summed E-state index contributed by atoms with van der Waals surface area (Å²) in [6.45, 7) is 3.38. The van der Waals surface area contributed by atoms with Gasteiger partial charge in [-0.25, -0.2) is 0 Å². The number of halogens is 1. The van der Waals surface area contributed by atoms with Crippen molar-refractivity contribution in [3.63, 3.8) is 0 Å². The molecular formula is C28H35ClN6O2S. The van der Waals surface area contributed by atoms with Gasteiger partial charge in [0.05, 0.1) is 6.04 Å². The number of aromatic nitrogens is 2. The van der Waals surface area contributed by atoms with Gasteiger partial charge in [0.2, 0.25) is 10.9 Å². The van der Waals surface area contributed by atoms with E-state index in [2.05, 4.69) is 32.5 Å². The van der Waals surface area contributed by atoms with Gasteiger partial charge in [0.15, 0.2) is 0 Å². The van der Waals surface area contributed by atoms with Gasteiger partial charge in [0.1, 0.15) is 5.01 Å². The summed E-state index contributed by atoms with van der Waals surface area (Å²) in [5.41, 5.74) is 9.23. The summed E-state index contributed by atoms with van der Waals surface area (Å²) in [6.07, 6.45) is 3.84. The topological polar surface area (TPSA) is 104 Å². The van der Waals surface area contributed by atoms with Crippen LogP contribution < -0.4 is 16.0 Å². The average Bonchev–Trinajstić information content (AvgIpc) is 3.52. The van der Waals surface area contributed by atoms with Gasteiger partial charge in [-0.2, -0.15) is 0 Å². The second-order valence-corrected chi connectivity index (χ2v) is 11.3. The van der Waals surface area contributed by atoms with E-state index in [-0.39, 0.29) is 31.7 Å². The minimum absolute atomic E-state index is 0. The summed E-state index contributed by atoms with van der Waals surface area (Å²) < 4.78 is 0. The second-order valence-electron chi connectivity index (χ2n) is 9.79. The van der Waals surface area contributed by atoms with E-state index in [0.29, 0.717) is 29.0 Å². The van der Waals surface area contributed by atoms with Crippen molar-refractivity contribution in [2.45, 2.75) is 58.2 Å². The molecule has 5 rings (SSSR count). The molecule has 0 spiro atoms. The van der Waals surface area contributed by atoms with Gasteiger partial charge < -0.3 is 16.0 Å². The monoisotopic (exact) mass is 554 g/mol. The van der Waals surface area contributed by atoms with Gasteiger partial charge in [0, 0.05) is 42.7 Å². The lowest BCUT2D eigenvalue weighted by atomic mass is 10.1. The molecule has 0 radical (unpaired) electrons. The van der Waals surface area contributed by atoms with Crippen molar-refractivity contribution >= 4 is 40.4 Å². The number of hydrogen-bond donors (Lipinski definition) is 2. The molecule has 10 heteroatoms. The zero-order valence-corrected chi connectivity index (χ0v) is 22.2. The van der Waals surface area contributed by atoms with E-state index in [1.54, 1.807) is 4.90 Å². The molecule has 38 heavy (non-hydrogen) atoms. The number of benzene rings is 2. The Kier molecular flexibility index (Phi) is 9.49. The fourth-order valence-electron chi connectivity index (χ4n) is 4.80. The first-order valence-corrected chi connectivity index (χ1v) is 13.9. The Morgan fingerprint density at radius 1 is 1.03 bits per heavy atom. The van der Waals surface area contributed by atoms with E-state index in [1.165, 1.54) is 16.9 Å². The summed E-state index contributed by atoms with van der Waals surface area (Å²) in [6, 6.07) is 15.9. The van der Waals surface area contributed by atoms with Crippen LogP contribution >= 0.6 is 22.9 Å². The Hall–Kier alpha value is -2.85. The number of nitrogens with zero attached hydrogens (tertiary/aromatic N) is 4. The molecule has 2 saturated heterocycles. The number of carbonyl (C=O) groups is 2. The van der Waals surface area contributed by atoms with Crippen LogP contribution in [0.2, 0.25) is 5.02 Å². The molecule has 2 aliphatic rings. The molecule has 202 valence electrons. The van der Waals surface area contributed by atoms with Gasteiger partial charge in [-0.1, -0.05) is 54.6 Å². The third-order valence-electron chi connectivity index (χ3n) is 6.95. The lowest BCUT2D eigenvalue weighted by molar-refractivity contribution is -0.117. The third kappa shape index (κ3) is 7.17. The second kappa shape index (κ2) is 12.8. The maximum absolute atomic E-state index is 12.8. The lowest BCUT2D eigenvalue weighted by Gasteiger charge is -2.30. The number of nitrogens with one attached hydrogen (secondary N) is 1. The molecule has 0 unspecified atom stereocenters. The molecule has 3 aromatic rings. The third-order valence-corrected chi connectivity index (χ3v) is 8.18. The lowest BCUT2D eigenvalue weighted by Crippen LogP contribution is -2.39. The molecule has 0 bridgehead atoms. The van der Waals surface area contributed by atoms with Gasteiger partial charge in [-0.3, -0.25) is 14.5 Å². The first-order valence-electron chi connectivity index (χ1n) is 12.7. The Morgan fingerprint density at radius 2 is 1.71 bits per heavy atom. The van der Waals surface area contributed by atoms with Crippen LogP contribution in [0.15, 0.2) is 48.5 Å². The average molecular weight is 555 g/mol. The highest BCUT2D eigenvalue weighted by Crippen LogP contribution is 2.24. The van der Waals surface area contributed by atoms with Crippen LogP contribution in [0.25, 0.3) is 0 Å². The Labute approximate surface area is 233 Å². The first-order chi connectivity index (χ1) is 17.9. The smallest absolute Gasteiger partial charge is 0.282 e. The van der Waals surface area contributed by atoms with Crippen molar-refractivity contribution in [2.75, 3.05) is 24.5 Å². The standard InChI is InChI=1S/C27H31ClN6O2S.CH4/c28-20-6-1-18(2-7-20)5-10-24-31-32-27(37-24)26(36)30-22-15-25(35)34(17-22)23-8-3-19(4-9-23)16-33-13-11-21(29)12-14-33;/h1-4,6-9,21-22H,5,10-17,29H2,(H,30,36);1H4/t22-;/m1./s1. The number of nitrogens with two attached hydrogens (primary N) is 1. The quantitative estimate of drug-likeness (QED) is 0.435. The normalized spacial score (nSPS) is 18.4. The van der Waals surface area contributed by atoms with Crippen molar-refractivity contribution in [3.05, 3.63) is 74.7 Å². The summed E-state index contributed by atoms with van der Waals surface area (Å²) in [5, 5.41) is 13.0. The van der Waals surface area contributed by atoms with Gasteiger partial charge in [-0.05, 0) is 67.7 Å². The first kappa shape index (κ1) is 28.2. The van der Waals surface area contributed by atoms with Crippen LogP contribution in [0.1, 0.15) is 52.6 Å². The van der Waals surface area contributed by atoms with Gasteiger partial charge in [0.25, 0.3) is 5.91 Å². The molecule has 2 amide bonds. The maximum atomic E-state index is 12.8. The van der Waals surface area contributed by atoms with E-state index >= 15 is 0 Å². The van der Waals surface area contributed by atoms with Crippen LogP contribution in [-0.2, 0) is 24.2 Å². The number of rotatable bonds is 8. The van der Waals surface area contributed by atoms with Crippen molar-refractivity contribution in [1.82, 2.24) is 20.4 Å². The Balaban J connectivity index is 0.00000336. The maximum Gasteiger partial charge on any atom is 0.282 e. The van der Waals surface area contributed by atoms with Crippen molar-refractivity contribution in [1.29, 1.82) is 0 Å². The van der Waals surface area contributed by atoms with Crippen LogP contribution in [0.3, 0.4) is 0 Å². The number of likely N-dealkylation sites (tertiary alicyclic amines) is 1. The molecule has 0 saturated carbocycles. The van der Waals surface area contributed by atoms with E-state index in [0.717, 1.165) is 55.2 Å². The van der Waals surface area contributed by atoms with Crippen molar-refractivity contribution < 1.29 is 9.59 Å². The molecule has 3 N–H and O–H groups in total. The number of carbonyl (C=O) groups excluding carboxylic acids is 2. The number of hydrogen-bond acceptors (Lipinski definition) is 7.